The molecule has 27 heavy (non-hydrogen) atoms. The molecule has 3 aromatic rings. The van der Waals surface area contributed by atoms with Crippen LogP contribution in [0.3, 0.4) is 0 Å². The average molecular weight is 387 g/mol. The highest BCUT2D eigenvalue weighted by Crippen LogP contribution is 2.23. The second kappa shape index (κ2) is 7.03. The summed E-state index contributed by atoms with van der Waals surface area (Å²) in [6.45, 7) is 0. The Morgan fingerprint density at radius 1 is 1.26 bits per heavy atom. The van der Waals surface area contributed by atoms with Gasteiger partial charge in [0.2, 0.25) is 0 Å². The number of fused-ring (bicyclic) bond motifs is 1. The lowest BCUT2D eigenvalue weighted by Crippen LogP contribution is -2.37. The van der Waals surface area contributed by atoms with E-state index < -0.39 is 11.2 Å². The van der Waals surface area contributed by atoms with Crippen molar-refractivity contribution in [2.75, 3.05) is 0 Å². The summed E-state index contributed by atoms with van der Waals surface area (Å²) >= 11 is 4.67. The highest BCUT2D eigenvalue weighted by molar-refractivity contribution is 7.80. The topological polar surface area (TPSA) is 121 Å². The molecule has 2 heterocycles. The Labute approximate surface area is 158 Å². The van der Waals surface area contributed by atoms with Gasteiger partial charge in [-0.15, -0.1) is 0 Å². The van der Waals surface area contributed by atoms with Crippen molar-refractivity contribution >= 4 is 34.7 Å². The van der Waals surface area contributed by atoms with E-state index in [2.05, 4.69) is 27.7 Å². The molecule has 2 aromatic heterocycles. The highest BCUT2D eigenvalue weighted by atomic mass is 32.1. The number of thiocarbonyl (C=S) groups is 1. The standard InChI is InChI=1S/C16H17N7O3S/c1-21-11-12(22(2)16(25)23(3)13(11)24)19-15(21)26-10-6-4-5-9(7-10)8-18-20-14(17)27/h4-8H,1-3H3,(H3,17,20,27)/b18-8-. The molecular formula is C16H17N7O3S. The maximum absolute atomic E-state index is 12.4. The maximum atomic E-state index is 12.4. The summed E-state index contributed by atoms with van der Waals surface area (Å²) in [7, 11) is 4.61. The molecule has 0 fully saturated rings. The van der Waals surface area contributed by atoms with Crippen LogP contribution in [0, 0.1) is 0 Å². The predicted molar refractivity (Wildman–Crippen MR) is 105 cm³/mol. The molecule has 0 aliphatic carbocycles. The monoisotopic (exact) mass is 387 g/mol. The van der Waals surface area contributed by atoms with E-state index in [1.807, 2.05) is 6.07 Å². The van der Waals surface area contributed by atoms with Crippen LogP contribution in [-0.4, -0.2) is 30.0 Å². The van der Waals surface area contributed by atoms with Crippen LogP contribution in [0.25, 0.3) is 11.2 Å². The fourth-order valence-electron chi connectivity index (χ4n) is 2.52. The van der Waals surface area contributed by atoms with Crippen LogP contribution in [0.1, 0.15) is 5.56 Å². The van der Waals surface area contributed by atoms with Gasteiger partial charge in [-0.3, -0.25) is 23.9 Å². The minimum Gasteiger partial charge on any atom is -0.425 e. The van der Waals surface area contributed by atoms with Crippen molar-refractivity contribution in [3.05, 3.63) is 50.7 Å². The van der Waals surface area contributed by atoms with E-state index in [4.69, 9.17) is 10.5 Å². The molecule has 0 spiro atoms. The van der Waals surface area contributed by atoms with Crippen LogP contribution in [0.4, 0.5) is 0 Å². The lowest BCUT2D eigenvalue weighted by atomic mass is 10.2. The first kappa shape index (κ1) is 18.3. The minimum atomic E-state index is -0.458. The van der Waals surface area contributed by atoms with Crippen molar-refractivity contribution in [3.8, 4) is 11.8 Å². The van der Waals surface area contributed by atoms with Crippen molar-refractivity contribution in [2.24, 2.45) is 32.0 Å². The first-order valence-electron chi connectivity index (χ1n) is 7.78. The Balaban J connectivity index is 2.00. The van der Waals surface area contributed by atoms with Crippen LogP contribution in [0.5, 0.6) is 11.8 Å². The van der Waals surface area contributed by atoms with E-state index in [0.29, 0.717) is 5.75 Å². The van der Waals surface area contributed by atoms with Crippen LogP contribution >= 0.6 is 12.2 Å². The number of benzene rings is 1. The fourth-order valence-corrected chi connectivity index (χ4v) is 2.58. The second-order valence-corrected chi connectivity index (χ2v) is 6.18. The van der Waals surface area contributed by atoms with Gasteiger partial charge in [0.05, 0.1) is 6.21 Å². The molecule has 0 radical (unpaired) electrons. The predicted octanol–water partition coefficient (Wildman–Crippen LogP) is -0.0699. The molecular weight excluding hydrogens is 370 g/mol. The van der Waals surface area contributed by atoms with E-state index >= 15 is 0 Å². The number of nitrogens with one attached hydrogen (secondary N) is 1. The van der Waals surface area contributed by atoms with E-state index in [0.717, 1.165) is 10.1 Å². The van der Waals surface area contributed by atoms with Crippen molar-refractivity contribution in [3.63, 3.8) is 0 Å². The SMILES string of the molecule is Cn1c(=O)c2c(nc(Oc3cccc(/C=N\NC(N)=S)c3)n2C)n(C)c1=O. The number of nitrogens with two attached hydrogens (primary N) is 1. The van der Waals surface area contributed by atoms with Gasteiger partial charge in [-0.2, -0.15) is 10.1 Å². The summed E-state index contributed by atoms with van der Waals surface area (Å²) in [4.78, 5) is 28.8. The van der Waals surface area contributed by atoms with Crippen molar-refractivity contribution in [1.29, 1.82) is 0 Å². The largest absolute Gasteiger partial charge is 0.425 e. The zero-order valence-corrected chi connectivity index (χ0v) is 15.6. The third kappa shape index (κ3) is 3.44. The molecule has 0 aliphatic heterocycles. The zero-order chi connectivity index (χ0) is 19.7. The quantitative estimate of drug-likeness (QED) is 0.365. The lowest BCUT2D eigenvalue weighted by molar-refractivity contribution is 0.427. The summed E-state index contributed by atoms with van der Waals surface area (Å²) in [6, 6.07) is 7.22. The molecule has 0 aliphatic rings. The molecule has 0 saturated heterocycles. The van der Waals surface area contributed by atoms with Gasteiger partial charge in [0.1, 0.15) is 5.75 Å². The first-order chi connectivity index (χ1) is 12.8. The van der Waals surface area contributed by atoms with Gasteiger partial charge in [0, 0.05) is 21.1 Å². The summed E-state index contributed by atoms with van der Waals surface area (Å²) in [5, 5.41) is 3.95. The molecule has 0 amide bonds. The van der Waals surface area contributed by atoms with Crippen molar-refractivity contribution in [1.82, 2.24) is 24.1 Å². The lowest BCUT2D eigenvalue weighted by Gasteiger charge is -2.05. The highest BCUT2D eigenvalue weighted by Gasteiger charge is 2.18. The molecule has 0 unspecified atom stereocenters. The molecule has 11 heteroatoms. The summed E-state index contributed by atoms with van der Waals surface area (Å²) < 4.78 is 9.64. The number of aromatic nitrogens is 4. The fraction of sp³-hybridized carbons (Fsp3) is 0.188. The third-order valence-electron chi connectivity index (χ3n) is 3.89. The minimum absolute atomic E-state index is 0.0607. The van der Waals surface area contributed by atoms with Gasteiger partial charge in [0.15, 0.2) is 16.3 Å². The number of nitrogens with zero attached hydrogens (tertiary/aromatic N) is 5. The number of hydrogen-bond donors (Lipinski definition) is 2. The number of ether oxygens (including phenoxy) is 1. The van der Waals surface area contributed by atoms with Gasteiger partial charge >= 0.3 is 11.7 Å². The first-order valence-corrected chi connectivity index (χ1v) is 8.19. The van der Waals surface area contributed by atoms with Gasteiger partial charge in [-0.1, -0.05) is 12.1 Å². The average Bonchev–Trinajstić information content (AvgIpc) is 2.95. The normalized spacial score (nSPS) is 11.2. The molecule has 0 atom stereocenters. The Bertz CT molecular complexity index is 1190. The van der Waals surface area contributed by atoms with Crippen LogP contribution in [0.15, 0.2) is 39.0 Å². The van der Waals surface area contributed by atoms with E-state index in [1.54, 1.807) is 32.3 Å². The molecule has 3 rings (SSSR count). The van der Waals surface area contributed by atoms with E-state index in [1.165, 1.54) is 22.4 Å². The molecule has 0 bridgehead atoms. The van der Waals surface area contributed by atoms with Gasteiger partial charge in [0.25, 0.3) is 5.56 Å². The Kier molecular flexibility index (Phi) is 4.77. The van der Waals surface area contributed by atoms with E-state index in [9.17, 15) is 9.59 Å². The number of rotatable bonds is 4. The van der Waals surface area contributed by atoms with Gasteiger partial charge in [-0.25, -0.2) is 4.79 Å². The Morgan fingerprint density at radius 2 is 2.00 bits per heavy atom. The molecule has 0 saturated carbocycles. The van der Waals surface area contributed by atoms with E-state index in [-0.39, 0.29) is 22.3 Å². The second-order valence-electron chi connectivity index (χ2n) is 5.74. The smallest absolute Gasteiger partial charge is 0.332 e. The Hall–Kier alpha value is -3.47. The molecule has 10 nitrogen and oxygen atoms in total. The van der Waals surface area contributed by atoms with Crippen LogP contribution < -0.4 is 27.1 Å². The summed E-state index contributed by atoms with van der Waals surface area (Å²) in [5.74, 6) is 0.481. The number of imidazole rings is 1. The number of hydrazone groups is 1. The Morgan fingerprint density at radius 3 is 2.70 bits per heavy atom. The van der Waals surface area contributed by atoms with Gasteiger partial charge in [-0.05, 0) is 29.9 Å². The molecule has 140 valence electrons. The third-order valence-corrected chi connectivity index (χ3v) is 3.98. The molecule has 1 aromatic carbocycles. The maximum Gasteiger partial charge on any atom is 0.332 e. The zero-order valence-electron chi connectivity index (χ0n) is 14.8. The number of aryl methyl sites for hydroxylation is 2. The summed E-state index contributed by atoms with van der Waals surface area (Å²) in [5.41, 5.74) is 8.13. The summed E-state index contributed by atoms with van der Waals surface area (Å²) in [6.07, 6.45) is 1.53. The number of hydrogen-bond acceptors (Lipinski definition) is 6. The molecule has 3 N–H and O–H groups in total. The van der Waals surface area contributed by atoms with Crippen molar-refractivity contribution < 1.29 is 4.74 Å². The van der Waals surface area contributed by atoms with Crippen molar-refractivity contribution in [2.45, 2.75) is 0 Å². The van der Waals surface area contributed by atoms with Gasteiger partial charge < -0.3 is 10.5 Å². The van der Waals surface area contributed by atoms with Crippen LogP contribution in [-0.2, 0) is 21.1 Å². The van der Waals surface area contributed by atoms with Crippen LogP contribution in [0.2, 0.25) is 0 Å².